The number of aliphatic hydroxyl groups excluding tert-OH is 1. The van der Waals surface area contributed by atoms with Gasteiger partial charge in [-0.1, -0.05) is 54.6 Å². The number of carbonyl (C=O) groups excluding carboxylic acids is 1. The van der Waals surface area contributed by atoms with Crippen LogP contribution in [0, 0.1) is 0 Å². The third kappa shape index (κ3) is 6.57. The van der Waals surface area contributed by atoms with E-state index in [0.29, 0.717) is 13.1 Å². The Labute approximate surface area is 149 Å². The van der Waals surface area contributed by atoms with E-state index in [0.717, 1.165) is 16.7 Å². The maximum Gasteiger partial charge on any atom is 0.422 e. The Morgan fingerprint density at radius 2 is 1.64 bits per heavy atom. The zero-order valence-corrected chi connectivity index (χ0v) is 15.0. The number of hydrogen-bond donors (Lipinski definition) is 2. The van der Waals surface area contributed by atoms with E-state index in [9.17, 15) is 9.90 Å². The van der Waals surface area contributed by atoms with E-state index < -0.39 is 11.7 Å². The number of carbonyl (C=O) groups is 1. The summed E-state index contributed by atoms with van der Waals surface area (Å²) in [6.07, 6.45) is -0.526. The Bertz CT molecular complexity index is 664. The molecule has 2 aromatic rings. The van der Waals surface area contributed by atoms with Gasteiger partial charge in [0.15, 0.2) is 0 Å². The highest BCUT2D eigenvalue weighted by Gasteiger charge is 2.18. The van der Waals surface area contributed by atoms with Gasteiger partial charge in [-0.05, 0) is 37.5 Å². The van der Waals surface area contributed by atoms with E-state index in [2.05, 4.69) is 29.7 Å². The molecule has 25 heavy (non-hydrogen) atoms. The van der Waals surface area contributed by atoms with Crippen LogP contribution in [0.1, 0.15) is 26.3 Å². The molecule has 0 aromatic heterocycles. The Morgan fingerprint density at radius 3 is 2.20 bits per heavy atom. The SMILES string of the molecule is CC(C)(C)OC(=O)NN(CCO)Cc1ccc(-c2ccccc2)cc1. The summed E-state index contributed by atoms with van der Waals surface area (Å²) in [6.45, 7) is 6.17. The van der Waals surface area contributed by atoms with Gasteiger partial charge in [0, 0.05) is 13.1 Å². The van der Waals surface area contributed by atoms with Crippen LogP contribution in [0.25, 0.3) is 11.1 Å². The minimum atomic E-state index is -0.563. The summed E-state index contributed by atoms with van der Waals surface area (Å²) >= 11 is 0. The highest BCUT2D eigenvalue weighted by Crippen LogP contribution is 2.19. The fraction of sp³-hybridized carbons (Fsp3) is 0.350. The van der Waals surface area contributed by atoms with Gasteiger partial charge in [-0.25, -0.2) is 9.80 Å². The molecular formula is C20H26N2O3. The maximum absolute atomic E-state index is 11.9. The number of amides is 1. The predicted molar refractivity (Wildman–Crippen MR) is 98.7 cm³/mol. The number of rotatable bonds is 6. The molecule has 0 saturated carbocycles. The third-order valence-electron chi connectivity index (χ3n) is 3.45. The molecule has 0 radical (unpaired) electrons. The average Bonchev–Trinajstić information content (AvgIpc) is 2.55. The van der Waals surface area contributed by atoms with Crippen molar-refractivity contribution in [3.63, 3.8) is 0 Å². The fourth-order valence-electron chi connectivity index (χ4n) is 2.38. The minimum absolute atomic E-state index is 0.0576. The molecule has 2 aromatic carbocycles. The summed E-state index contributed by atoms with van der Waals surface area (Å²) in [6, 6.07) is 18.3. The lowest BCUT2D eigenvalue weighted by molar-refractivity contribution is 0.0287. The molecule has 134 valence electrons. The van der Waals surface area contributed by atoms with Gasteiger partial charge in [0.05, 0.1) is 6.61 Å². The summed E-state index contributed by atoms with van der Waals surface area (Å²) < 4.78 is 5.26. The van der Waals surface area contributed by atoms with Crippen molar-refractivity contribution in [1.82, 2.24) is 10.4 Å². The van der Waals surface area contributed by atoms with Gasteiger partial charge in [-0.15, -0.1) is 0 Å². The van der Waals surface area contributed by atoms with Crippen LogP contribution in [0.3, 0.4) is 0 Å². The van der Waals surface area contributed by atoms with Crippen molar-refractivity contribution in [3.05, 3.63) is 60.2 Å². The van der Waals surface area contributed by atoms with E-state index in [1.165, 1.54) is 0 Å². The van der Waals surface area contributed by atoms with Gasteiger partial charge in [0.1, 0.15) is 5.60 Å². The molecule has 2 N–H and O–H groups in total. The van der Waals surface area contributed by atoms with Crippen LogP contribution >= 0.6 is 0 Å². The quantitative estimate of drug-likeness (QED) is 0.788. The monoisotopic (exact) mass is 342 g/mol. The van der Waals surface area contributed by atoms with Crippen molar-refractivity contribution in [2.24, 2.45) is 0 Å². The number of hydrogen-bond acceptors (Lipinski definition) is 4. The first-order chi connectivity index (χ1) is 11.9. The van der Waals surface area contributed by atoms with Gasteiger partial charge < -0.3 is 9.84 Å². The number of aliphatic hydroxyl groups is 1. The minimum Gasteiger partial charge on any atom is -0.443 e. The lowest BCUT2D eigenvalue weighted by Gasteiger charge is -2.25. The first-order valence-electron chi connectivity index (χ1n) is 8.37. The normalized spacial score (nSPS) is 11.4. The van der Waals surface area contributed by atoms with Crippen molar-refractivity contribution in [2.75, 3.05) is 13.2 Å². The smallest absolute Gasteiger partial charge is 0.422 e. The Balaban J connectivity index is 2.00. The van der Waals surface area contributed by atoms with Crippen LogP contribution < -0.4 is 5.43 Å². The molecule has 0 aliphatic carbocycles. The molecule has 0 saturated heterocycles. The highest BCUT2D eigenvalue weighted by molar-refractivity contribution is 5.67. The average molecular weight is 342 g/mol. The largest absolute Gasteiger partial charge is 0.443 e. The van der Waals surface area contributed by atoms with Crippen LogP contribution in [0.15, 0.2) is 54.6 Å². The van der Waals surface area contributed by atoms with E-state index in [4.69, 9.17) is 4.74 Å². The fourth-order valence-corrected chi connectivity index (χ4v) is 2.38. The van der Waals surface area contributed by atoms with E-state index >= 15 is 0 Å². The van der Waals surface area contributed by atoms with Crippen LogP contribution in [-0.2, 0) is 11.3 Å². The molecule has 0 heterocycles. The molecule has 0 bridgehead atoms. The van der Waals surface area contributed by atoms with E-state index in [1.807, 2.05) is 51.1 Å². The van der Waals surface area contributed by atoms with Crippen molar-refractivity contribution in [2.45, 2.75) is 32.9 Å². The van der Waals surface area contributed by atoms with Gasteiger partial charge in [-0.2, -0.15) is 0 Å². The molecule has 0 unspecified atom stereocenters. The molecule has 0 spiro atoms. The number of hydrazine groups is 1. The van der Waals surface area contributed by atoms with Crippen LogP contribution in [0.2, 0.25) is 0 Å². The predicted octanol–water partition coefficient (Wildman–Crippen LogP) is 3.59. The Morgan fingerprint density at radius 1 is 1.04 bits per heavy atom. The van der Waals surface area contributed by atoms with Gasteiger partial charge >= 0.3 is 6.09 Å². The number of nitrogens with zero attached hydrogens (tertiary/aromatic N) is 1. The third-order valence-corrected chi connectivity index (χ3v) is 3.45. The molecule has 0 aliphatic rings. The van der Waals surface area contributed by atoms with Crippen LogP contribution in [0.5, 0.6) is 0 Å². The summed E-state index contributed by atoms with van der Waals surface area (Å²) in [5.41, 5.74) is 5.45. The van der Waals surface area contributed by atoms with Crippen LogP contribution in [0.4, 0.5) is 4.79 Å². The summed E-state index contributed by atoms with van der Waals surface area (Å²) in [4.78, 5) is 11.9. The zero-order valence-electron chi connectivity index (χ0n) is 15.0. The van der Waals surface area contributed by atoms with Crippen molar-refractivity contribution >= 4 is 6.09 Å². The number of nitrogens with one attached hydrogen (secondary N) is 1. The van der Waals surface area contributed by atoms with Gasteiger partial charge in [0.2, 0.25) is 0 Å². The lowest BCUT2D eigenvalue weighted by Crippen LogP contribution is -2.45. The topological polar surface area (TPSA) is 61.8 Å². The van der Waals surface area contributed by atoms with E-state index in [-0.39, 0.29) is 6.61 Å². The first-order valence-corrected chi connectivity index (χ1v) is 8.37. The Kier molecular flexibility index (Phi) is 6.56. The molecule has 5 nitrogen and oxygen atoms in total. The van der Waals surface area contributed by atoms with Crippen molar-refractivity contribution in [3.8, 4) is 11.1 Å². The molecule has 1 amide bonds. The zero-order chi connectivity index (χ0) is 18.3. The highest BCUT2D eigenvalue weighted by atomic mass is 16.6. The first kappa shape index (κ1) is 19.0. The molecule has 0 atom stereocenters. The lowest BCUT2D eigenvalue weighted by atomic mass is 10.0. The summed E-state index contributed by atoms with van der Waals surface area (Å²) in [7, 11) is 0. The second-order valence-corrected chi connectivity index (χ2v) is 6.82. The maximum atomic E-state index is 11.9. The van der Waals surface area contributed by atoms with Crippen molar-refractivity contribution < 1.29 is 14.6 Å². The molecule has 2 rings (SSSR count). The second kappa shape index (κ2) is 8.65. The molecule has 0 aliphatic heterocycles. The second-order valence-electron chi connectivity index (χ2n) is 6.82. The van der Waals surface area contributed by atoms with E-state index in [1.54, 1.807) is 5.01 Å². The number of benzene rings is 2. The van der Waals surface area contributed by atoms with Gasteiger partial charge in [-0.3, -0.25) is 5.43 Å². The standard InChI is InChI=1S/C20H26N2O3/c1-20(2,3)25-19(24)21-22(13-14-23)15-16-9-11-18(12-10-16)17-7-5-4-6-8-17/h4-12,23H,13-15H2,1-3H3,(H,21,24). The molecular weight excluding hydrogens is 316 g/mol. The molecule has 5 heteroatoms. The number of ether oxygens (including phenoxy) is 1. The summed E-state index contributed by atoms with van der Waals surface area (Å²) in [5, 5.41) is 10.9. The molecule has 0 fully saturated rings. The van der Waals surface area contributed by atoms with Crippen LogP contribution in [-0.4, -0.2) is 35.0 Å². The van der Waals surface area contributed by atoms with Crippen molar-refractivity contribution in [1.29, 1.82) is 0 Å². The van der Waals surface area contributed by atoms with Gasteiger partial charge in [0.25, 0.3) is 0 Å². The summed E-state index contributed by atoms with van der Waals surface area (Å²) in [5.74, 6) is 0. The Hall–Kier alpha value is -2.37.